The van der Waals surface area contributed by atoms with Crippen molar-refractivity contribution in [2.24, 2.45) is 5.10 Å². The Hall–Kier alpha value is -2.85. The second-order valence-corrected chi connectivity index (χ2v) is 6.66. The Labute approximate surface area is 176 Å². The Balaban J connectivity index is 2.01. The number of hydrogen-bond acceptors (Lipinski definition) is 10. The molecule has 0 spiro atoms. The van der Waals surface area contributed by atoms with Crippen molar-refractivity contribution in [2.45, 2.75) is 13.3 Å². The Morgan fingerprint density at radius 3 is 2.79 bits per heavy atom. The van der Waals surface area contributed by atoms with Crippen LogP contribution in [-0.2, 0) is 25.5 Å². The molecule has 1 N–H and O–H groups in total. The summed E-state index contributed by atoms with van der Waals surface area (Å²) in [6, 6.07) is 3.26. The zero-order chi connectivity index (χ0) is 21.2. The van der Waals surface area contributed by atoms with Crippen LogP contribution in [0.25, 0.3) is 0 Å². The molecule has 0 saturated heterocycles. The third-order valence-electron chi connectivity index (χ3n) is 3.37. The molecule has 11 heteroatoms. The molecule has 0 amide bonds. The molecule has 2 aromatic rings. The van der Waals surface area contributed by atoms with Crippen molar-refractivity contribution in [1.29, 1.82) is 0 Å². The van der Waals surface area contributed by atoms with Crippen LogP contribution in [0.2, 0.25) is 5.02 Å². The fourth-order valence-electron chi connectivity index (χ4n) is 2.11. The van der Waals surface area contributed by atoms with Crippen LogP contribution in [0.15, 0.2) is 22.6 Å². The molecular formula is C18H20ClN3O6S. The predicted octanol–water partition coefficient (Wildman–Crippen LogP) is 2.91. The first-order chi connectivity index (χ1) is 14.0. The molecule has 1 heterocycles. The zero-order valence-corrected chi connectivity index (χ0v) is 17.6. The van der Waals surface area contributed by atoms with Crippen LogP contribution in [0.1, 0.15) is 18.2 Å². The van der Waals surface area contributed by atoms with Gasteiger partial charge in [0.2, 0.25) is 5.13 Å². The summed E-state index contributed by atoms with van der Waals surface area (Å²) in [5.74, 6) is -0.296. The largest absolute Gasteiger partial charge is 0.493 e. The van der Waals surface area contributed by atoms with E-state index in [1.807, 2.05) is 0 Å². The molecule has 1 aromatic heterocycles. The van der Waals surface area contributed by atoms with Crippen LogP contribution in [0.3, 0.4) is 0 Å². The number of esters is 2. The molecular weight excluding hydrogens is 422 g/mol. The highest BCUT2D eigenvalue weighted by atomic mass is 35.5. The quantitative estimate of drug-likeness (QED) is 0.340. The van der Waals surface area contributed by atoms with Crippen molar-refractivity contribution in [3.05, 3.63) is 33.8 Å². The number of carbonyl (C=O) groups excluding carboxylic acids is 2. The zero-order valence-electron chi connectivity index (χ0n) is 16.1. The van der Waals surface area contributed by atoms with Gasteiger partial charge >= 0.3 is 11.9 Å². The molecule has 0 atom stereocenters. The molecule has 2 rings (SSSR count). The Bertz CT molecular complexity index is 886. The van der Waals surface area contributed by atoms with Gasteiger partial charge in [0.05, 0.1) is 44.2 Å². The van der Waals surface area contributed by atoms with E-state index in [2.05, 4.69) is 20.2 Å². The van der Waals surface area contributed by atoms with E-state index in [0.717, 1.165) is 0 Å². The normalized spacial score (nSPS) is 10.6. The lowest BCUT2D eigenvalue weighted by molar-refractivity contribution is -0.143. The number of aromatic nitrogens is 1. The molecule has 156 valence electrons. The van der Waals surface area contributed by atoms with Crippen molar-refractivity contribution in [1.82, 2.24) is 4.98 Å². The van der Waals surface area contributed by atoms with Gasteiger partial charge in [-0.2, -0.15) is 5.10 Å². The van der Waals surface area contributed by atoms with E-state index in [1.54, 1.807) is 24.4 Å². The number of hydrazone groups is 1. The van der Waals surface area contributed by atoms with Crippen molar-refractivity contribution < 1.29 is 28.5 Å². The molecule has 0 fully saturated rings. The van der Waals surface area contributed by atoms with Gasteiger partial charge in [0.15, 0.2) is 18.1 Å². The minimum absolute atomic E-state index is 0.107. The van der Waals surface area contributed by atoms with Crippen molar-refractivity contribution in [2.75, 3.05) is 32.9 Å². The first kappa shape index (κ1) is 22.4. The lowest BCUT2D eigenvalue weighted by Gasteiger charge is -2.12. The van der Waals surface area contributed by atoms with Gasteiger partial charge in [-0.3, -0.25) is 10.2 Å². The molecule has 9 nitrogen and oxygen atoms in total. The summed E-state index contributed by atoms with van der Waals surface area (Å²) >= 11 is 7.53. The van der Waals surface area contributed by atoms with Crippen molar-refractivity contribution in [3.63, 3.8) is 0 Å². The summed E-state index contributed by atoms with van der Waals surface area (Å²) in [7, 11) is 2.72. The molecule has 29 heavy (non-hydrogen) atoms. The summed E-state index contributed by atoms with van der Waals surface area (Å²) in [6.45, 7) is 1.79. The molecule has 1 aromatic carbocycles. The smallest absolute Gasteiger partial charge is 0.343 e. The fraction of sp³-hybridized carbons (Fsp3) is 0.333. The number of nitrogens with one attached hydrogen (secondary N) is 1. The van der Waals surface area contributed by atoms with Gasteiger partial charge in [-0.05, 0) is 24.6 Å². The third kappa shape index (κ3) is 6.91. The van der Waals surface area contributed by atoms with Crippen LogP contribution < -0.4 is 14.9 Å². The standard InChI is InChI=1S/C18H20ClN3O6S/c1-4-27-15(23)7-12-10-29-18(21-12)22-20-8-11-5-13(19)17(14(6-11)25-2)28-9-16(24)26-3/h5-6,8,10H,4,7,9H2,1-3H3,(H,21,22). The molecule has 0 unspecified atom stereocenters. The number of nitrogens with zero attached hydrogens (tertiary/aromatic N) is 2. The van der Waals surface area contributed by atoms with E-state index in [4.69, 9.17) is 25.8 Å². The number of benzene rings is 1. The van der Waals surface area contributed by atoms with Crippen LogP contribution >= 0.6 is 22.9 Å². The van der Waals surface area contributed by atoms with E-state index in [0.29, 0.717) is 28.7 Å². The SMILES string of the molecule is CCOC(=O)Cc1csc(NN=Cc2cc(Cl)c(OCC(=O)OC)c(OC)c2)n1. The van der Waals surface area contributed by atoms with Crippen molar-refractivity contribution in [3.8, 4) is 11.5 Å². The highest BCUT2D eigenvalue weighted by molar-refractivity contribution is 7.13. The summed E-state index contributed by atoms with van der Waals surface area (Å²) in [6.07, 6.45) is 1.63. The Kier molecular flexibility index (Phi) is 8.68. The molecule has 0 bridgehead atoms. The van der Waals surface area contributed by atoms with Gasteiger partial charge in [-0.15, -0.1) is 11.3 Å². The van der Waals surface area contributed by atoms with Gasteiger partial charge < -0.3 is 18.9 Å². The number of ether oxygens (including phenoxy) is 4. The molecule has 0 saturated carbocycles. The van der Waals surface area contributed by atoms with E-state index in [-0.39, 0.29) is 29.8 Å². The maximum Gasteiger partial charge on any atom is 0.343 e. The molecule has 0 aliphatic rings. The average Bonchev–Trinajstić information content (AvgIpc) is 3.13. The van der Waals surface area contributed by atoms with Crippen LogP contribution in [0.5, 0.6) is 11.5 Å². The number of methoxy groups -OCH3 is 2. The first-order valence-electron chi connectivity index (χ1n) is 8.43. The maximum absolute atomic E-state index is 11.5. The van der Waals surface area contributed by atoms with E-state index in [1.165, 1.54) is 31.8 Å². The summed E-state index contributed by atoms with van der Waals surface area (Å²) in [4.78, 5) is 27.0. The number of anilines is 1. The van der Waals surface area contributed by atoms with Gasteiger partial charge in [-0.1, -0.05) is 11.6 Å². The third-order valence-corrected chi connectivity index (χ3v) is 4.45. The maximum atomic E-state index is 11.5. The Morgan fingerprint density at radius 1 is 1.31 bits per heavy atom. The number of carbonyl (C=O) groups is 2. The second kappa shape index (κ2) is 11.2. The topological polar surface area (TPSA) is 108 Å². The van der Waals surface area contributed by atoms with E-state index in [9.17, 15) is 9.59 Å². The molecule has 0 radical (unpaired) electrons. The minimum Gasteiger partial charge on any atom is -0.493 e. The lowest BCUT2D eigenvalue weighted by Crippen LogP contribution is -2.13. The number of thiazole rings is 1. The number of rotatable bonds is 10. The van der Waals surface area contributed by atoms with Crippen LogP contribution in [-0.4, -0.2) is 50.6 Å². The van der Waals surface area contributed by atoms with Crippen molar-refractivity contribution >= 4 is 46.2 Å². The highest BCUT2D eigenvalue weighted by Gasteiger charge is 2.14. The second-order valence-electron chi connectivity index (χ2n) is 5.39. The monoisotopic (exact) mass is 441 g/mol. The first-order valence-corrected chi connectivity index (χ1v) is 9.68. The van der Waals surface area contributed by atoms with Gasteiger partial charge in [0, 0.05) is 5.38 Å². The molecule has 0 aliphatic carbocycles. The van der Waals surface area contributed by atoms with Gasteiger partial charge in [0.1, 0.15) is 0 Å². The number of halogens is 1. The average molecular weight is 442 g/mol. The van der Waals surface area contributed by atoms with E-state index >= 15 is 0 Å². The number of hydrogen-bond donors (Lipinski definition) is 1. The molecule has 0 aliphatic heterocycles. The van der Waals surface area contributed by atoms with Crippen LogP contribution in [0.4, 0.5) is 5.13 Å². The fourth-order valence-corrected chi connectivity index (χ4v) is 3.04. The summed E-state index contributed by atoms with van der Waals surface area (Å²) < 4.78 is 20.0. The summed E-state index contributed by atoms with van der Waals surface area (Å²) in [5, 5.41) is 6.63. The van der Waals surface area contributed by atoms with Gasteiger partial charge in [-0.25, -0.2) is 9.78 Å². The van der Waals surface area contributed by atoms with E-state index < -0.39 is 5.97 Å². The predicted molar refractivity (Wildman–Crippen MR) is 109 cm³/mol. The summed E-state index contributed by atoms with van der Waals surface area (Å²) in [5.41, 5.74) is 4.02. The lowest BCUT2D eigenvalue weighted by atomic mass is 10.2. The minimum atomic E-state index is -0.538. The van der Waals surface area contributed by atoms with Gasteiger partial charge in [0.25, 0.3) is 0 Å². The Morgan fingerprint density at radius 2 is 2.10 bits per heavy atom. The highest BCUT2D eigenvalue weighted by Crippen LogP contribution is 2.36. The van der Waals surface area contributed by atoms with Crippen LogP contribution in [0, 0.1) is 0 Å².